The molecule has 1 unspecified atom stereocenters. The van der Waals surface area contributed by atoms with Crippen molar-refractivity contribution in [3.63, 3.8) is 0 Å². The van der Waals surface area contributed by atoms with E-state index in [0.717, 1.165) is 38.7 Å². The molecule has 1 saturated heterocycles. The topological polar surface area (TPSA) is 47.9 Å². The Hall–Kier alpha value is -0.350. The van der Waals surface area contributed by atoms with Crippen molar-refractivity contribution in [3.8, 4) is 0 Å². The van der Waals surface area contributed by atoms with Crippen molar-refractivity contribution in [2.75, 3.05) is 49.9 Å². The first-order valence-electron chi connectivity index (χ1n) is 8.62. The van der Waals surface area contributed by atoms with Gasteiger partial charge in [-0.2, -0.15) is 0 Å². The number of anilines is 1. The molecular weight excluding hydrogens is 467 g/mol. The molecule has 1 atom stereocenters. The van der Waals surface area contributed by atoms with E-state index in [0.29, 0.717) is 12.3 Å². The van der Waals surface area contributed by atoms with E-state index >= 15 is 0 Å². The van der Waals surface area contributed by atoms with Gasteiger partial charge in [-0.1, -0.05) is 0 Å². The van der Waals surface area contributed by atoms with Gasteiger partial charge < -0.3 is 15.1 Å². The molecule has 8 heteroatoms. The summed E-state index contributed by atoms with van der Waals surface area (Å²) in [5.41, 5.74) is 0. The van der Waals surface area contributed by atoms with E-state index in [2.05, 4.69) is 39.6 Å². The zero-order chi connectivity index (χ0) is 17.6. The number of halogens is 1. The average Bonchev–Trinajstić information content (AvgIpc) is 3.07. The molecule has 1 aromatic heterocycles. The van der Waals surface area contributed by atoms with Crippen LogP contribution in [0.4, 0.5) is 5.00 Å². The molecule has 0 aliphatic carbocycles. The maximum atomic E-state index is 12.2. The van der Waals surface area contributed by atoms with Crippen molar-refractivity contribution in [2.24, 2.45) is 4.99 Å². The first kappa shape index (κ1) is 22.7. The summed E-state index contributed by atoms with van der Waals surface area (Å²) in [5.74, 6) is 1.57. The number of hydrogen-bond acceptors (Lipinski definition) is 4. The molecule has 0 bridgehead atoms. The summed E-state index contributed by atoms with van der Waals surface area (Å²) in [6.45, 7) is 13.6. The lowest BCUT2D eigenvalue weighted by Crippen LogP contribution is -2.52. The van der Waals surface area contributed by atoms with Crippen LogP contribution in [-0.4, -0.2) is 64.8 Å². The number of nitrogens with zero attached hydrogens (tertiary/aromatic N) is 3. The summed E-state index contributed by atoms with van der Waals surface area (Å²) in [6, 6.07) is 4.29. The summed E-state index contributed by atoms with van der Waals surface area (Å²) in [6.07, 6.45) is 0. The first-order valence-corrected chi connectivity index (χ1v) is 10.8. The summed E-state index contributed by atoms with van der Waals surface area (Å²) in [5, 5.41) is 6.85. The number of guanidine groups is 1. The lowest BCUT2D eigenvalue weighted by molar-refractivity contribution is 0.374. The number of rotatable bonds is 5. The number of hydrogen-bond donors (Lipinski definition) is 1. The molecule has 2 rings (SSSR count). The molecule has 0 amide bonds. The van der Waals surface area contributed by atoms with Crippen LogP contribution in [0.3, 0.4) is 0 Å². The smallest absolute Gasteiger partial charge is 0.194 e. The summed E-state index contributed by atoms with van der Waals surface area (Å²) >= 11 is 1.80. The van der Waals surface area contributed by atoms with E-state index in [1.807, 2.05) is 20.8 Å². The third-order valence-corrected chi connectivity index (χ3v) is 6.80. The molecule has 1 aliphatic heterocycles. The highest BCUT2D eigenvalue weighted by atomic mass is 127. The molecule has 0 spiro atoms. The van der Waals surface area contributed by atoms with E-state index in [-0.39, 0.29) is 28.7 Å². The maximum Gasteiger partial charge on any atom is 0.194 e. The summed E-state index contributed by atoms with van der Waals surface area (Å²) in [4.78, 5) is 9.44. The molecule has 25 heavy (non-hydrogen) atoms. The van der Waals surface area contributed by atoms with Crippen LogP contribution < -0.4 is 10.2 Å². The molecule has 1 fully saturated rings. The molecule has 144 valence electrons. The number of piperazine rings is 1. The lowest BCUT2D eigenvalue weighted by Gasteiger charge is -2.37. The van der Waals surface area contributed by atoms with E-state index in [1.165, 1.54) is 5.00 Å². The number of thiophene rings is 1. The van der Waals surface area contributed by atoms with Gasteiger partial charge in [0.2, 0.25) is 0 Å². The van der Waals surface area contributed by atoms with Crippen molar-refractivity contribution in [1.82, 2.24) is 10.2 Å². The van der Waals surface area contributed by atoms with E-state index in [9.17, 15) is 4.21 Å². The molecule has 2 heterocycles. The number of nitrogens with one attached hydrogen (secondary N) is 1. The van der Waals surface area contributed by atoms with Crippen molar-refractivity contribution in [1.29, 1.82) is 0 Å². The second-order valence-electron chi connectivity index (χ2n) is 6.82. The average molecular weight is 499 g/mol. The fourth-order valence-electron chi connectivity index (χ4n) is 2.55. The van der Waals surface area contributed by atoms with Gasteiger partial charge in [-0.05, 0) is 45.2 Å². The van der Waals surface area contributed by atoms with Crippen LogP contribution in [0.1, 0.15) is 27.7 Å². The number of aliphatic imine (C=N–C) groups is 1. The maximum absolute atomic E-state index is 12.2. The van der Waals surface area contributed by atoms with Crippen LogP contribution in [0.5, 0.6) is 0 Å². The van der Waals surface area contributed by atoms with Crippen molar-refractivity contribution in [2.45, 2.75) is 32.4 Å². The Kier molecular flexibility index (Phi) is 9.73. The molecule has 5 nitrogen and oxygen atoms in total. The first-order chi connectivity index (χ1) is 11.4. The standard InChI is InChI=1S/C17H30N4OS2.HI/c1-5-18-16(19-8-14-24(22)17(2,3)4)21-11-9-20(10-12-21)15-7-6-13-23-15;/h6-7,13H,5,8-12,14H2,1-4H3,(H,18,19);1H. The van der Waals surface area contributed by atoms with Gasteiger partial charge in [0.15, 0.2) is 5.96 Å². The molecular formula is C17H31IN4OS2. The van der Waals surface area contributed by atoms with E-state index in [4.69, 9.17) is 4.99 Å². The molecule has 0 radical (unpaired) electrons. The Morgan fingerprint density at radius 2 is 2.00 bits per heavy atom. The second kappa shape index (κ2) is 10.7. The third kappa shape index (κ3) is 7.05. The highest BCUT2D eigenvalue weighted by Crippen LogP contribution is 2.22. The van der Waals surface area contributed by atoms with Crippen molar-refractivity contribution < 1.29 is 4.21 Å². The predicted molar refractivity (Wildman–Crippen MR) is 122 cm³/mol. The van der Waals surface area contributed by atoms with Crippen LogP contribution >= 0.6 is 35.3 Å². The quantitative estimate of drug-likeness (QED) is 0.385. The Balaban J connectivity index is 0.00000312. The minimum atomic E-state index is -0.849. The normalized spacial score (nSPS) is 17.2. The van der Waals surface area contributed by atoms with Gasteiger partial charge in [-0.3, -0.25) is 9.20 Å². The second-order valence-corrected chi connectivity index (χ2v) is 10.1. The fourth-order valence-corrected chi connectivity index (χ4v) is 4.21. The Morgan fingerprint density at radius 3 is 2.52 bits per heavy atom. The molecule has 1 aromatic rings. The lowest BCUT2D eigenvalue weighted by atomic mass is 10.3. The van der Waals surface area contributed by atoms with Crippen LogP contribution in [0.15, 0.2) is 22.5 Å². The SMILES string of the molecule is CCNC(=NCCS(=O)C(C)(C)C)N1CCN(c2cccs2)CC1.I. The van der Waals surface area contributed by atoms with Crippen LogP contribution in [-0.2, 0) is 10.8 Å². The van der Waals surface area contributed by atoms with Crippen LogP contribution in [0.25, 0.3) is 0 Å². The van der Waals surface area contributed by atoms with Gasteiger partial charge in [0.1, 0.15) is 0 Å². The van der Waals surface area contributed by atoms with E-state index < -0.39 is 10.8 Å². The van der Waals surface area contributed by atoms with Gasteiger partial charge in [0.05, 0.1) is 11.5 Å². The van der Waals surface area contributed by atoms with Gasteiger partial charge in [0.25, 0.3) is 0 Å². The van der Waals surface area contributed by atoms with Crippen molar-refractivity contribution >= 4 is 57.1 Å². The Morgan fingerprint density at radius 1 is 1.32 bits per heavy atom. The summed E-state index contributed by atoms with van der Waals surface area (Å²) < 4.78 is 12.0. The zero-order valence-electron chi connectivity index (χ0n) is 15.7. The molecule has 1 N–H and O–H groups in total. The van der Waals surface area contributed by atoms with Crippen LogP contribution in [0.2, 0.25) is 0 Å². The fraction of sp³-hybridized carbons (Fsp3) is 0.706. The minimum absolute atomic E-state index is 0. The summed E-state index contributed by atoms with van der Waals surface area (Å²) in [7, 11) is -0.849. The molecule has 1 aliphatic rings. The van der Waals surface area contributed by atoms with Gasteiger partial charge >= 0.3 is 0 Å². The van der Waals surface area contributed by atoms with Crippen molar-refractivity contribution in [3.05, 3.63) is 17.5 Å². The van der Waals surface area contributed by atoms with E-state index in [1.54, 1.807) is 11.3 Å². The van der Waals surface area contributed by atoms with Gasteiger partial charge in [-0.15, -0.1) is 35.3 Å². The highest BCUT2D eigenvalue weighted by molar-refractivity contribution is 14.0. The molecule has 0 saturated carbocycles. The molecule has 0 aromatic carbocycles. The Labute approximate surface area is 175 Å². The van der Waals surface area contributed by atoms with Gasteiger partial charge in [-0.25, -0.2) is 0 Å². The predicted octanol–water partition coefficient (Wildman–Crippen LogP) is 3.00. The Bertz CT molecular complexity index is 549. The zero-order valence-corrected chi connectivity index (χ0v) is 19.6. The highest BCUT2D eigenvalue weighted by Gasteiger charge is 2.21. The monoisotopic (exact) mass is 498 g/mol. The van der Waals surface area contributed by atoms with Gasteiger partial charge in [0, 0.05) is 54.0 Å². The minimum Gasteiger partial charge on any atom is -0.360 e. The largest absolute Gasteiger partial charge is 0.360 e. The van der Waals surface area contributed by atoms with Crippen LogP contribution in [0, 0.1) is 0 Å². The third-order valence-electron chi connectivity index (χ3n) is 3.95.